The molecule has 0 aromatic carbocycles. The van der Waals surface area contributed by atoms with E-state index in [1.54, 1.807) is 0 Å². The Balaban J connectivity index is 2.15. The third-order valence-electron chi connectivity index (χ3n) is 2.99. The van der Waals surface area contributed by atoms with Gasteiger partial charge in [0.15, 0.2) is 5.69 Å². The maximum Gasteiger partial charge on any atom is 0.471 e. The van der Waals surface area contributed by atoms with E-state index in [4.69, 9.17) is 5.11 Å². The van der Waals surface area contributed by atoms with Crippen LogP contribution in [0, 0.1) is 5.92 Å². The van der Waals surface area contributed by atoms with Crippen molar-refractivity contribution in [3.63, 3.8) is 0 Å². The average Bonchev–Trinajstić information content (AvgIpc) is 3.06. The lowest BCUT2D eigenvalue weighted by atomic mass is 10.3. The van der Waals surface area contributed by atoms with Crippen molar-refractivity contribution in [1.29, 1.82) is 0 Å². The molecule has 0 saturated heterocycles. The summed E-state index contributed by atoms with van der Waals surface area (Å²) in [4.78, 5) is 21.9. The van der Waals surface area contributed by atoms with E-state index in [9.17, 15) is 22.8 Å². The lowest BCUT2D eigenvalue weighted by Gasteiger charge is -2.08. The van der Waals surface area contributed by atoms with Gasteiger partial charge in [-0.25, -0.2) is 4.79 Å². The van der Waals surface area contributed by atoms with Gasteiger partial charge in [0.1, 0.15) is 0 Å². The van der Waals surface area contributed by atoms with E-state index in [1.807, 2.05) is 0 Å². The lowest BCUT2D eigenvalue weighted by molar-refractivity contribution is -0.167. The summed E-state index contributed by atoms with van der Waals surface area (Å²) < 4.78 is 37.6. The fourth-order valence-electron chi connectivity index (χ4n) is 1.78. The van der Waals surface area contributed by atoms with Gasteiger partial charge >= 0.3 is 18.1 Å². The fourth-order valence-corrected chi connectivity index (χ4v) is 1.78. The van der Waals surface area contributed by atoms with E-state index in [0.717, 1.165) is 23.7 Å². The first-order valence-corrected chi connectivity index (χ1v) is 5.96. The molecule has 2 N–H and O–H groups in total. The second kappa shape index (κ2) is 5.14. The molecular weight excluding hydrogens is 279 g/mol. The van der Waals surface area contributed by atoms with Gasteiger partial charge in [-0.2, -0.15) is 18.3 Å². The average molecular weight is 291 g/mol. The summed E-state index contributed by atoms with van der Waals surface area (Å²) in [5.74, 6) is -3.13. The molecule has 1 aromatic heterocycles. The monoisotopic (exact) mass is 291 g/mol. The van der Waals surface area contributed by atoms with Crippen LogP contribution in [0.15, 0.2) is 6.20 Å². The standard InChI is InChI=1S/C11H12F3N3O3/c12-11(13,14)10(20)16-7-5-15-17(8(7)9(18)19)4-3-6-1-2-6/h5-6H,1-4H2,(H,16,20)(H,18,19). The number of carbonyl (C=O) groups is 2. The van der Waals surface area contributed by atoms with E-state index in [-0.39, 0.29) is 0 Å². The van der Waals surface area contributed by atoms with Crippen LogP contribution in [0.25, 0.3) is 0 Å². The van der Waals surface area contributed by atoms with Gasteiger partial charge in [0.05, 0.1) is 11.9 Å². The van der Waals surface area contributed by atoms with Crippen molar-refractivity contribution >= 4 is 17.6 Å². The van der Waals surface area contributed by atoms with Gasteiger partial charge in [-0.3, -0.25) is 9.48 Å². The molecule has 1 saturated carbocycles. The molecule has 0 aliphatic heterocycles. The van der Waals surface area contributed by atoms with E-state index >= 15 is 0 Å². The molecule has 0 bridgehead atoms. The maximum absolute atomic E-state index is 12.1. The Morgan fingerprint density at radius 2 is 2.10 bits per heavy atom. The first-order valence-electron chi connectivity index (χ1n) is 5.96. The van der Waals surface area contributed by atoms with Gasteiger partial charge in [-0.15, -0.1) is 0 Å². The summed E-state index contributed by atoms with van der Waals surface area (Å²) in [5.41, 5.74) is -0.890. The minimum absolute atomic E-state index is 0.300. The van der Waals surface area contributed by atoms with E-state index in [1.165, 1.54) is 5.32 Å². The van der Waals surface area contributed by atoms with Gasteiger partial charge in [-0.05, 0) is 12.3 Å². The molecule has 1 aliphatic rings. The highest BCUT2D eigenvalue weighted by Gasteiger charge is 2.39. The molecule has 6 nitrogen and oxygen atoms in total. The Hall–Kier alpha value is -2.06. The zero-order valence-electron chi connectivity index (χ0n) is 10.3. The number of nitrogens with zero attached hydrogens (tertiary/aromatic N) is 2. The Morgan fingerprint density at radius 3 is 2.60 bits per heavy atom. The third kappa shape index (κ3) is 3.28. The van der Waals surface area contributed by atoms with Crippen LogP contribution in [0.2, 0.25) is 0 Å². The largest absolute Gasteiger partial charge is 0.476 e. The summed E-state index contributed by atoms with van der Waals surface area (Å²) in [6, 6.07) is 0. The fraction of sp³-hybridized carbons (Fsp3) is 0.545. The smallest absolute Gasteiger partial charge is 0.471 e. The van der Waals surface area contributed by atoms with Crippen LogP contribution in [-0.2, 0) is 11.3 Å². The minimum Gasteiger partial charge on any atom is -0.476 e. The Morgan fingerprint density at radius 1 is 1.45 bits per heavy atom. The van der Waals surface area contributed by atoms with Gasteiger partial charge in [0, 0.05) is 6.54 Å². The predicted octanol–water partition coefficient (Wildman–Crippen LogP) is 1.88. The molecular formula is C11H12F3N3O3. The number of carbonyl (C=O) groups excluding carboxylic acids is 1. The van der Waals surface area contributed by atoms with Crippen LogP contribution >= 0.6 is 0 Å². The van der Waals surface area contributed by atoms with Crippen LogP contribution in [0.3, 0.4) is 0 Å². The van der Waals surface area contributed by atoms with Crippen molar-refractivity contribution in [3.05, 3.63) is 11.9 Å². The zero-order valence-corrected chi connectivity index (χ0v) is 10.3. The summed E-state index contributed by atoms with van der Waals surface area (Å²) in [5, 5.41) is 14.3. The molecule has 2 rings (SSSR count). The number of aromatic carboxylic acids is 1. The molecule has 9 heteroatoms. The van der Waals surface area contributed by atoms with Gasteiger partial charge in [0.25, 0.3) is 0 Å². The van der Waals surface area contributed by atoms with E-state index in [2.05, 4.69) is 5.10 Å². The van der Waals surface area contributed by atoms with Crippen molar-refractivity contribution < 1.29 is 27.9 Å². The molecule has 1 heterocycles. The van der Waals surface area contributed by atoms with Crippen LogP contribution in [0.5, 0.6) is 0 Å². The molecule has 0 spiro atoms. The predicted molar refractivity (Wildman–Crippen MR) is 61.2 cm³/mol. The molecule has 0 radical (unpaired) electrons. The number of carboxylic acids is 1. The van der Waals surface area contributed by atoms with Gasteiger partial charge < -0.3 is 10.4 Å². The van der Waals surface area contributed by atoms with Gasteiger partial charge in [-0.1, -0.05) is 12.8 Å². The Kier molecular flexibility index (Phi) is 3.69. The molecule has 20 heavy (non-hydrogen) atoms. The molecule has 0 unspecified atom stereocenters. The molecule has 110 valence electrons. The number of nitrogens with one attached hydrogen (secondary N) is 1. The molecule has 1 amide bonds. The maximum atomic E-state index is 12.1. The van der Waals surface area contributed by atoms with Crippen LogP contribution in [0.1, 0.15) is 29.8 Å². The van der Waals surface area contributed by atoms with Crippen LogP contribution in [-0.4, -0.2) is 32.9 Å². The number of halogens is 3. The molecule has 1 aromatic rings. The van der Waals surface area contributed by atoms with Crippen molar-refractivity contribution in [3.8, 4) is 0 Å². The number of aryl methyl sites for hydroxylation is 1. The van der Waals surface area contributed by atoms with Crippen molar-refractivity contribution in [2.24, 2.45) is 5.92 Å². The SMILES string of the molecule is O=C(O)c1c(NC(=O)C(F)(F)F)cnn1CCC1CC1. The summed E-state index contributed by atoms with van der Waals surface area (Å²) >= 11 is 0. The summed E-state index contributed by atoms with van der Waals surface area (Å²) in [6.45, 7) is 0.300. The normalized spacial score (nSPS) is 15.2. The number of rotatable bonds is 5. The number of amides is 1. The first-order chi connectivity index (χ1) is 9.29. The summed E-state index contributed by atoms with van der Waals surface area (Å²) in [6.07, 6.45) is -1.30. The number of hydrogen-bond acceptors (Lipinski definition) is 3. The molecule has 1 fully saturated rings. The number of anilines is 1. The van der Waals surface area contributed by atoms with Crippen LogP contribution < -0.4 is 5.32 Å². The van der Waals surface area contributed by atoms with Crippen LogP contribution in [0.4, 0.5) is 18.9 Å². The lowest BCUT2D eigenvalue weighted by Crippen LogP contribution is -2.30. The van der Waals surface area contributed by atoms with E-state index < -0.39 is 29.4 Å². The second-order valence-electron chi connectivity index (χ2n) is 4.62. The van der Waals surface area contributed by atoms with Crippen molar-refractivity contribution in [2.75, 3.05) is 5.32 Å². The Bertz CT molecular complexity index is 535. The number of aromatic nitrogens is 2. The highest BCUT2D eigenvalue weighted by Crippen LogP contribution is 2.33. The van der Waals surface area contributed by atoms with Crippen molar-refractivity contribution in [1.82, 2.24) is 9.78 Å². The van der Waals surface area contributed by atoms with Gasteiger partial charge in [0.2, 0.25) is 0 Å². The Labute approximate surface area is 111 Å². The number of hydrogen-bond donors (Lipinski definition) is 2. The number of alkyl halides is 3. The highest BCUT2D eigenvalue weighted by molar-refractivity contribution is 6.01. The molecule has 1 aliphatic carbocycles. The quantitative estimate of drug-likeness (QED) is 0.867. The third-order valence-corrected chi connectivity index (χ3v) is 2.99. The summed E-state index contributed by atoms with van der Waals surface area (Å²) in [7, 11) is 0. The second-order valence-corrected chi connectivity index (χ2v) is 4.62. The van der Waals surface area contributed by atoms with E-state index in [0.29, 0.717) is 18.9 Å². The first kappa shape index (κ1) is 14.4. The molecule has 0 atom stereocenters. The zero-order chi connectivity index (χ0) is 14.9. The van der Waals surface area contributed by atoms with Crippen molar-refractivity contribution in [2.45, 2.75) is 32.0 Å². The highest BCUT2D eigenvalue weighted by atomic mass is 19.4. The number of carboxylic acid groups (broad SMARTS) is 1. The topological polar surface area (TPSA) is 84.2 Å². The minimum atomic E-state index is -5.08.